The highest BCUT2D eigenvalue weighted by Gasteiger charge is 2.34. The lowest BCUT2D eigenvalue weighted by Gasteiger charge is -2.14. The lowest BCUT2D eigenvalue weighted by molar-refractivity contribution is -0.665. The Morgan fingerprint density at radius 3 is 2.56 bits per heavy atom. The molecule has 0 saturated carbocycles. The van der Waals surface area contributed by atoms with E-state index in [0.717, 1.165) is 33.9 Å². The largest absolute Gasteiger partial charge is 0.416 e. The van der Waals surface area contributed by atoms with Gasteiger partial charge in [-0.3, -0.25) is 9.36 Å². The zero-order valence-electron chi connectivity index (χ0n) is 18.6. The molecule has 0 atom stereocenters. The number of para-hydroxylation sites is 1. The highest BCUT2D eigenvalue weighted by Crippen LogP contribution is 2.47. The summed E-state index contributed by atoms with van der Waals surface area (Å²) in [5.74, 6) is 0. The van der Waals surface area contributed by atoms with Crippen molar-refractivity contribution in [2.75, 3.05) is 11.9 Å². The highest BCUT2D eigenvalue weighted by molar-refractivity contribution is 8.08. The number of hydrogen-bond donors (Lipinski definition) is 0. The monoisotopic (exact) mass is 520 g/mol. The van der Waals surface area contributed by atoms with Crippen LogP contribution >= 0.6 is 34.4 Å². The number of nitrogens with zero attached hydrogens (tertiary/aromatic N) is 3. The topological polar surface area (TPSA) is 29.1 Å². The SMILES string of the molecule is CCn1c(=Cc2sc3ccccc3[n+]2CC)sc(=C2Sc3ccc(C(F)(F)F)cc3N2C)c1=O. The Bertz CT molecular complexity index is 1600. The first-order valence-electron chi connectivity index (χ1n) is 10.7. The number of thiazole rings is 2. The summed E-state index contributed by atoms with van der Waals surface area (Å²) in [5, 5.41) is 1.71. The average Bonchev–Trinajstić information content (AvgIpc) is 3.43. The second-order valence-electron chi connectivity index (χ2n) is 7.76. The van der Waals surface area contributed by atoms with Crippen molar-refractivity contribution in [3.63, 3.8) is 0 Å². The Morgan fingerprint density at radius 1 is 1.09 bits per heavy atom. The molecule has 0 radical (unpaired) electrons. The first kappa shape index (κ1) is 23.2. The van der Waals surface area contributed by atoms with Crippen LogP contribution in [-0.2, 0) is 19.3 Å². The summed E-state index contributed by atoms with van der Waals surface area (Å²) in [6.07, 6.45) is -2.37. The van der Waals surface area contributed by atoms with Crippen molar-refractivity contribution < 1.29 is 17.7 Å². The number of fused-ring (bicyclic) bond motifs is 2. The number of aryl methyl sites for hydroxylation is 1. The summed E-state index contributed by atoms with van der Waals surface area (Å²) >= 11 is 4.39. The zero-order valence-corrected chi connectivity index (χ0v) is 21.1. The van der Waals surface area contributed by atoms with E-state index in [0.29, 0.717) is 26.7 Å². The van der Waals surface area contributed by atoms with Crippen LogP contribution in [0.1, 0.15) is 24.4 Å². The standard InChI is InChI=1S/C24H21F3N3OS3/c1-4-29-15-8-6-7-9-17(15)32-19(29)13-20-30(5-2)22(31)21(34-20)23-28(3)16-12-14(24(25,26)27)10-11-18(16)33-23/h6-13H,4-5H2,1-3H3/q+1. The van der Waals surface area contributed by atoms with Gasteiger partial charge in [-0.2, -0.15) is 17.7 Å². The van der Waals surface area contributed by atoms with Crippen molar-refractivity contribution in [1.29, 1.82) is 0 Å². The quantitative estimate of drug-likeness (QED) is 0.370. The van der Waals surface area contributed by atoms with Gasteiger partial charge >= 0.3 is 6.18 Å². The summed E-state index contributed by atoms with van der Waals surface area (Å²) < 4.78 is 46.2. The lowest BCUT2D eigenvalue weighted by Crippen LogP contribution is -2.35. The van der Waals surface area contributed by atoms with E-state index in [-0.39, 0.29) is 5.56 Å². The molecule has 0 unspecified atom stereocenters. The van der Waals surface area contributed by atoms with E-state index >= 15 is 0 Å². The third-order valence-corrected chi connectivity index (χ3v) is 9.38. The minimum Gasteiger partial charge on any atom is -0.337 e. The molecule has 1 aliphatic rings. The minimum atomic E-state index is -4.41. The Labute approximate surface area is 205 Å². The van der Waals surface area contributed by atoms with Crippen LogP contribution in [0.3, 0.4) is 0 Å². The van der Waals surface area contributed by atoms with Crippen LogP contribution in [0, 0.1) is 0 Å². The first-order valence-corrected chi connectivity index (χ1v) is 13.2. The van der Waals surface area contributed by atoms with Gasteiger partial charge in [-0.05, 0) is 38.1 Å². The maximum Gasteiger partial charge on any atom is 0.416 e. The molecule has 0 amide bonds. The van der Waals surface area contributed by atoms with Crippen LogP contribution < -0.4 is 24.2 Å². The molecule has 3 heterocycles. The van der Waals surface area contributed by atoms with Crippen molar-refractivity contribution in [3.05, 3.63) is 72.6 Å². The van der Waals surface area contributed by atoms with E-state index in [1.165, 1.54) is 33.9 Å². The molecule has 0 aliphatic carbocycles. The average molecular weight is 521 g/mol. The normalized spacial score (nSPS) is 16.1. The molecule has 2 aromatic carbocycles. The fraction of sp³-hybridized carbons (Fsp3) is 0.250. The smallest absolute Gasteiger partial charge is 0.337 e. The Balaban J connectivity index is 1.69. The van der Waals surface area contributed by atoms with Gasteiger partial charge in [0.25, 0.3) is 10.6 Å². The van der Waals surface area contributed by atoms with Gasteiger partial charge in [-0.1, -0.05) is 35.2 Å². The summed E-state index contributed by atoms with van der Waals surface area (Å²) in [7, 11) is 1.71. The van der Waals surface area contributed by atoms with E-state index in [2.05, 4.69) is 23.6 Å². The van der Waals surface area contributed by atoms with Crippen LogP contribution in [0.25, 0.3) is 21.3 Å². The van der Waals surface area contributed by atoms with Crippen LogP contribution in [0.4, 0.5) is 18.9 Å². The maximum absolute atomic E-state index is 13.4. The molecule has 1 aliphatic heterocycles. The highest BCUT2D eigenvalue weighted by atomic mass is 32.2. The predicted molar refractivity (Wildman–Crippen MR) is 134 cm³/mol. The third kappa shape index (κ3) is 3.77. The van der Waals surface area contributed by atoms with E-state index in [1.54, 1.807) is 27.9 Å². The van der Waals surface area contributed by atoms with Gasteiger partial charge in [0.2, 0.25) is 5.52 Å². The maximum atomic E-state index is 13.4. The van der Waals surface area contributed by atoms with Crippen LogP contribution in [0.15, 0.2) is 52.2 Å². The molecule has 2 aromatic heterocycles. The van der Waals surface area contributed by atoms with Gasteiger partial charge in [-0.15, -0.1) is 11.3 Å². The van der Waals surface area contributed by atoms with E-state index in [9.17, 15) is 18.0 Å². The molecule has 0 N–H and O–H groups in total. The molecular weight excluding hydrogens is 499 g/mol. The number of anilines is 1. The summed E-state index contributed by atoms with van der Waals surface area (Å²) in [5.41, 5.74) is 0.797. The van der Waals surface area contributed by atoms with E-state index < -0.39 is 11.7 Å². The predicted octanol–water partition coefficient (Wildman–Crippen LogP) is 4.61. The number of rotatable bonds is 3. The number of alkyl halides is 3. The summed E-state index contributed by atoms with van der Waals surface area (Å²) in [6.45, 7) is 5.33. The van der Waals surface area contributed by atoms with Crippen molar-refractivity contribution in [2.24, 2.45) is 0 Å². The molecule has 0 bridgehead atoms. The first-order chi connectivity index (χ1) is 16.2. The number of hydrogen-bond acceptors (Lipinski definition) is 5. The zero-order chi connectivity index (χ0) is 24.2. The number of benzene rings is 2. The van der Waals surface area contributed by atoms with Gasteiger partial charge in [-0.25, -0.2) is 0 Å². The number of halogens is 3. The van der Waals surface area contributed by atoms with Crippen molar-refractivity contribution in [2.45, 2.75) is 38.0 Å². The fourth-order valence-electron chi connectivity index (χ4n) is 4.08. The Hall–Kier alpha value is -2.56. The Morgan fingerprint density at radius 2 is 1.85 bits per heavy atom. The molecule has 4 aromatic rings. The fourth-order valence-corrected chi connectivity index (χ4v) is 7.75. The third-order valence-electron chi connectivity index (χ3n) is 5.78. The van der Waals surface area contributed by atoms with Crippen molar-refractivity contribution >= 4 is 61.4 Å². The van der Waals surface area contributed by atoms with Crippen molar-refractivity contribution in [1.82, 2.24) is 4.57 Å². The second kappa shape index (κ2) is 8.58. The summed E-state index contributed by atoms with van der Waals surface area (Å²) in [6, 6.07) is 11.9. The number of thioether (sulfide) groups is 1. The Kier molecular flexibility index (Phi) is 5.86. The molecule has 4 nitrogen and oxygen atoms in total. The second-order valence-corrected chi connectivity index (χ2v) is 10.9. The molecular formula is C24H21F3N3OS3+. The van der Waals surface area contributed by atoms with Gasteiger partial charge in [0.15, 0.2) is 0 Å². The van der Waals surface area contributed by atoms with E-state index in [4.69, 9.17) is 0 Å². The molecule has 176 valence electrons. The van der Waals surface area contributed by atoms with E-state index in [1.807, 2.05) is 25.1 Å². The van der Waals surface area contributed by atoms with Gasteiger partial charge in [0, 0.05) is 24.6 Å². The summed E-state index contributed by atoms with van der Waals surface area (Å²) in [4.78, 5) is 15.8. The molecule has 34 heavy (non-hydrogen) atoms. The number of aromatic nitrogens is 2. The van der Waals surface area contributed by atoms with Gasteiger partial charge in [0.05, 0.1) is 17.3 Å². The van der Waals surface area contributed by atoms with Crippen LogP contribution in [0.5, 0.6) is 0 Å². The van der Waals surface area contributed by atoms with Gasteiger partial charge < -0.3 is 4.90 Å². The van der Waals surface area contributed by atoms with Crippen molar-refractivity contribution in [3.8, 4) is 0 Å². The van der Waals surface area contributed by atoms with Crippen LogP contribution in [-0.4, -0.2) is 11.6 Å². The minimum absolute atomic E-state index is 0.124. The lowest BCUT2D eigenvalue weighted by atomic mass is 10.2. The molecule has 5 rings (SSSR count). The molecule has 0 saturated heterocycles. The van der Waals surface area contributed by atoms with Gasteiger partial charge in [0.1, 0.15) is 25.5 Å². The molecule has 10 heteroatoms. The van der Waals surface area contributed by atoms with Crippen LogP contribution in [0.2, 0.25) is 0 Å². The molecule has 0 fully saturated rings. The molecule has 0 spiro atoms.